The maximum Gasteiger partial charge on any atom is 0.242 e. The second-order valence-electron chi connectivity index (χ2n) is 6.68. The van der Waals surface area contributed by atoms with Crippen LogP contribution in [0.1, 0.15) is 25.4 Å². The van der Waals surface area contributed by atoms with Crippen molar-refractivity contribution in [3.05, 3.63) is 47.9 Å². The number of furan rings is 1. The van der Waals surface area contributed by atoms with E-state index in [9.17, 15) is 8.42 Å². The number of nitrogens with zero attached hydrogens (tertiary/aromatic N) is 2. The summed E-state index contributed by atoms with van der Waals surface area (Å²) in [5.41, 5.74) is 0. The lowest BCUT2D eigenvalue weighted by Crippen LogP contribution is -2.34. The maximum atomic E-state index is 12.1. The van der Waals surface area contributed by atoms with Crippen molar-refractivity contribution in [2.45, 2.75) is 38.3 Å². The van der Waals surface area contributed by atoms with Gasteiger partial charge in [0.1, 0.15) is 23.9 Å². The van der Waals surface area contributed by atoms with Crippen LogP contribution in [0.3, 0.4) is 0 Å². The van der Waals surface area contributed by atoms with Crippen LogP contribution in [0.4, 0.5) is 0 Å². The molecule has 2 rings (SSSR count). The van der Waals surface area contributed by atoms with Gasteiger partial charge in [0.15, 0.2) is 0 Å². The molecule has 0 bridgehead atoms. The molecule has 144 valence electrons. The van der Waals surface area contributed by atoms with Crippen LogP contribution in [-0.4, -0.2) is 50.9 Å². The Morgan fingerprint density at radius 3 is 2.23 bits per heavy atom. The molecule has 7 heteroatoms. The zero-order chi connectivity index (χ0) is 19.3. The highest BCUT2D eigenvalue weighted by Crippen LogP contribution is 2.18. The highest BCUT2D eigenvalue weighted by molar-refractivity contribution is 7.89. The third kappa shape index (κ3) is 5.33. The fourth-order valence-corrected chi connectivity index (χ4v) is 3.39. The standard InChI is InChI=1S/C19H28N2O4S/c1-15(2)21(14-18-7-6-16(3)25-18)12-13-24-17-8-10-19(11-9-17)26(22,23)20(4)5/h6-11,15H,12-14H2,1-5H3. The predicted octanol–water partition coefficient (Wildman–Crippen LogP) is 3.13. The van der Waals surface area contributed by atoms with E-state index in [0.717, 1.165) is 24.6 Å². The van der Waals surface area contributed by atoms with Crippen molar-refractivity contribution in [1.82, 2.24) is 9.21 Å². The smallest absolute Gasteiger partial charge is 0.242 e. The Morgan fingerprint density at radius 2 is 1.73 bits per heavy atom. The van der Waals surface area contributed by atoms with E-state index in [2.05, 4.69) is 18.7 Å². The van der Waals surface area contributed by atoms with Crippen molar-refractivity contribution < 1.29 is 17.6 Å². The zero-order valence-corrected chi connectivity index (χ0v) is 16.9. The van der Waals surface area contributed by atoms with Gasteiger partial charge in [-0.3, -0.25) is 4.90 Å². The number of aryl methyl sites for hydroxylation is 1. The number of hydrogen-bond acceptors (Lipinski definition) is 5. The minimum Gasteiger partial charge on any atom is -0.492 e. The third-order valence-corrected chi connectivity index (χ3v) is 5.96. The molecule has 0 radical (unpaired) electrons. The lowest BCUT2D eigenvalue weighted by molar-refractivity contribution is 0.158. The van der Waals surface area contributed by atoms with Gasteiger partial charge in [-0.1, -0.05) is 0 Å². The number of ether oxygens (including phenoxy) is 1. The number of benzene rings is 1. The summed E-state index contributed by atoms with van der Waals surface area (Å²) >= 11 is 0. The zero-order valence-electron chi connectivity index (χ0n) is 16.1. The van der Waals surface area contributed by atoms with Gasteiger partial charge in [0, 0.05) is 26.7 Å². The Hall–Kier alpha value is -1.83. The van der Waals surface area contributed by atoms with Crippen LogP contribution in [0.15, 0.2) is 45.7 Å². The second-order valence-corrected chi connectivity index (χ2v) is 8.84. The van der Waals surface area contributed by atoms with Gasteiger partial charge in [-0.15, -0.1) is 0 Å². The summed E-state index contributed by atoms with van der Waals surface area (Å²) in [6.07, 6.45) is 0. The van der Waals surface area contributed by atoms with Crippen molar-refractivity contribution in [2.75, 3.05) is 27.2 Å². The van der Waals surface area contributed by atoms with Crippen LogP contribution in [-0.2, 0) is 16.6 Å². The molecule has 0 N–H and O–H groups in total. The largest absolute Gasteiger partial charge is 0.492 e. The Kier molecular flexibility index (Phi) is 6.86. The summed E-state index contributed by atoms with van der Waals surface area (Å²) in [7, 11) is -0.383. The van der Waals surface area contributed by atoms with E-state index in [0.29, 0.717) is 18.4 Å². The average molecular weight is 381 g/mol. The van der Waals surface area contributed by atoms with Crippen molar-refractivity contribution in [3.63, 3.8) is 0 Å². The lowest BCUT2D eigenvalue weighted by Gasteiger charge is -2.25. The van der Waals surface area contributed by atoms with Crippen molar-refractivity contribution in [2.24, 2.45) is 0 Å². The minimum atomic E-state index is -3.41. The quantitative estimate of drug-likeness (QED) is 0.669. The fraction of sp³-hybridized carbons (Fsp3) is 0.474. The Labute approximate surface area is 156 Å². The SMILES string of the molecule is Cc1ccc(CN(CCOc2ccc(S(=O)(=O)N(C)C)cc2)C(C)C)o1. The van der Waals surface area contributed by atoms with Crippen LogP contribution in [0.25, 0.3) is 0 Å². The Balaban J connectivity index is 1.91. The van der Waals surface area contributed by atoms with Crippen molar-refractivity contribution in [1.29, 1.82) is 0 Å². The van der Waals surface area contributed by atoms with Crippen LogP contribution >= 0.6 is 0 Å². The van der Waals surface area contributed by atoms with Crippen molar-refractivity contribution >= 4 is 10.0 Å². The van der Waals surface area contributed by atoms with Gasteiger partial charge in [0.05, 0.1) is 11.4 Å². The lowest BCUT2D eigenvalue weighted by atomic mass is 10.3. The molecule has 1 aromatic carbocycles. The van der Waals surface area contributed by atoms with E-state index in [1.807, 2.05) is 19.1 Å². The third-order valence-electron chi connectivity index (χ3n) is 4.13. The first-order valence-electron chi connectivity index (χ1n) is 8.65. The summed E-state index contributed by atoms with van der Waals surface area (Å²) < 4.78 is 36.8. The first kappa shape index (κ1) is 20.5. The maximum absolute atomic E-state index is 12.1. The van der Waals surface area contributed by atoms with E-state index in [1.165, 1.54) is 18.4 Å². The molecular weight excluding hydrogens is 352 g/mol. The van der Waals surface area contributed by atoms with Gasteiger partial charge in [-0.05, 0) is 57.2 Å². The molecule has 0 amide bonds. The van der Waals surface area contributed by atoms with Crippen LogP contribution in [0, 0.1) is 6.92 Å². The molecule has 1 aromatic heterocycles. The molecular formula is C19H28N2O4S. The summed E-state index contributed by atoms with van der Waals surface area (Å²) in [5, 5.41) is 0. The Bertz CT molecular complexity index is 795. The van der Waals surface area contributed by atoms with E-state index < -0.39 is 10.0 Å². The van der Waals surface area contributed by atoms with E-state index in [1.54, 1.807) is 24.3 Å². The highest BCUT2D eigenvalue weighted by atomic mass is 32.2. The van der Waals surface area contributed by atoms with Crippen LogP contribution in [0.5, 0.6) is 5.75 Å². The van der Waals surface area contributed by atoms with Gasteiger partial charge in [-0.25, -0.2) is 12.7 Å². The topological polar surface area (TPSA) is 63.0 Å². The van der Waals surface area contributed by atoms with Crippen molar-refractivity contribution in [3.8, 4) is 5.75 Å². The van der Waals surface area contributed by atoms with Gasteiger partial charge in [0.25, 0.3) is 0 Å². The molecule has 0 atom stereocenters. The van der Waals surface area contributed by atoms with E-state index >= 15 is 0 Å². The van der Waals surface area contributed by atoms with Gasteiger partial charge < -0.3 is 9.15 Å². The molecule has 0 aliphatic heterocycles. The molecule has 6 nitrogen and oxygen atoms in total. The minimum absolute atomic E-state index is 0.256. The number of hydrogen-bond donors (Lipinski definition) is 0. The molecule has 0 spiro atoms. The van der Waals surface area contributed by atoms with Crippen LogP contribution < -0.4 is 4.74 Å². The molecule has 0 unspecified atom stereocenters. The molecule has 2 aromatic rings. The monoisotopic (exact) mass is 380 g/mol. The van der Waals surface area contributed by atoms with Gasteiger partial charge in [0.2, 0.25) is 10.0 Å². The van der Waals surface area contributed by atoms with Crippen LogP contribution in [0.2, 0.25) is 0 Å². The molecule has 0 saturated heterocycles. The Morgan fingerprint density at radius 1 is 1.08 bits per heavy atom. The molecule has 0 aliphatic rings. The highest BCUT2D eigenvalue weighted by Gasteiger charge is 2.17. The van der Waals surface area contributed by atoms with Gasteiger partial charge in [-0.2, -0.15) is 0 Å². The summed E-state index contributed by atoms with van der Waals surface area (Å²) in [6, 6.07) is 10.8. The fourth-order valence-electron chi connectivity index (χ4n) is 2.49. The molecule has 1 heterocycles. The second kappa shape index (κ2) is 8.70. The normalized spacial score (nSPS) is 12.3. The van der Waals surface area contributed by atoms with E-state index in [-0.39, 0.29) is 4.90 Å². The van der Waals surface area contributed by atoms with Gasteiger partial charge >= 0.3 is 0 Å². The summed E-state index contributed by atoms with van der Waals surface area (Å²) in [4.78, 5) is 2.52. The number of rotatable bonds is 9. The number of sulfonamides is 1. The summed E-state index contributed by atoms with van der Waals surface area (Å²) in [5.74, 6) is 2.50. The predicted molar refractivity (Wildman–Crippen MR) is 102 cm³/mol. The average Bonchev–Trinajstić information content (AvgIpc) is 2.99. The first-order chi connectivity index (χ1) is 12.2. The van der Waals surface area contributed by atoms with E-state index in [4.69, 9.17) is 9.15 Å². The molecule has 0 aliphatic carbocycles. The molecule has 0 saturated carbocycles. The molecule has 0 fully saturated rings. The summed E-state index contributed by atoms with van der Waals surface area (Å²) in [6.45, 7) is 8.20. The first-order valence-corrected chi connectivity index (χ1v) is 10.1. The molecule has 26 heavy (non-hydrogen) atoms.